The fourth-order valence-corrected chi connectivity index (χ4v) is 5.20. The first-order valence-electron chi connectivity index (χ1n) is 7.48. The van der Waals surface area contributed by atoms with Gasteiger partial charge in [0.25, 0.3) is 0 Å². The van der Waals surface area contributed by atoms with E-state index in [-0.39, 0.29) is 34.8 Å². The van der Waals surface area contributed by atoms with E-state index >= 15 is 0 Å². The maximum atomic E-state index is 12.8. The second-order valence-corrected chi connectivity index (χ2v) is 9.59. The van der Waals surface area contributed by atoms with Gasteiger partial charge in [-0.05, 0) is 50.1 Å². The molecule has 0 saturated carbocycles. The topological polar surface area (TPSA) is 110 Å². The van der Waals surface area contributed by atoms with Crippen molar-refractivity contribution in [3.8, 4) is 0 Å². The predicted molar refractivity (Wildman–Crippen MR) is 95.1 cm³/mol. The van der Waals surface area contributed by atoms with Gasteiger partial charge in [-0.25, -0.2) is 21.6 Å². The van der Waals surface area contributed by atoms with E-state index in [1.165, 1.54) is 35.6 Å². The van der Waals surface area contributed by atoms with Gasteiger partial charge in [0, 0.05) is 19.1 Å². The van der Waals surface area contributed by atoms with Gasteiger partial charge in [-0.15, -0.1) is 12.4 Å². The third-order valence-corrected chi connectivity index (χ3v) is 7.60. The van der Waals surface area contributed by atoms with E-state index in [1.54, 1.807) is 0 Å². The van der Waals surface area contributed by atoms with Crippen molar-refractivity contribution in [3.63, 3.8) is 0 Å². The highest BCUT2D eigenvalue weighted by molar-refractivity contribution is 7.89. The largest absolute Gasteiger partial charge is 0.329 e. The summed E-state index contributed by atoms with van der Waals surface area (Å²) in [5.74, 6) is 0.443. The van der Waals surface area contributed by atoms with Crippen LogP contribution in [0.2, 0.25) is 0 Å². The van der Waals surface area contributed by atoms with Crippen LogP contribution in [0.4, 0.5) is 0 Å². The Morgan fingerprint density at radius 3 is 2.21 bits per heavy atom. The zero-order valence-electron chi connectivity index (χ0n) is 13.7. The van der Waals surface area contributed by atoms with Crippen LogP contribution in [0.3, 0.4) is 0 Å². The molecule has 0 amide bonds. The van der Waals surface area contributed by atoms with E-state index in [9.17, 15) is 16.8 Å². The molecule has 3 N–H and O–H groups in total. The van der Waals surface area contributed by atoms with Crippen molar-refractivity contribution in [2.75, 3.05) is 20.1 Å². The van der Waals surface area contributed by atoms with Gasteiger partial charge in [-0.1, -0.05) is 6.92 Å². The molecule has 2 rings (SSSR count). The smallest absolute Gasteiger partial charge is 0.243 e. The Morgan fingerprint density at radius 1 is 1.17 bits per heavy atom. The molecule has 10 heteroatoms. The minimum atomic E-state index is -3.68. The van der Waals surface area contributed by atoms with E-state index < -0.39 is 20.0 Å². The first-order chi connectivity index (χ1) is 10.7. The van der Waals surface area contributed by atoms with E-state index in [1.807, 2.05) is 0 Å². The average Bonchev–Trinajstić information content (AvgIpc) is 2.54. The summed E-state index contributed by atoms with van der Waals surface area (Å²) in [6, 6.07) is 5.02. The lowest BCUT2D eigenvalue weighted by Gasteiger charge is -2.36. The highest BCUT2D eigenvalue weighted by Gasteiger charge is 2.35. The van der Waals surface area contributed by atoms with Gasteiger partial charge in [0.05, 0.1) is 9.79 Å². The van der Waals surface area contributed by atoms with Gasteiger partial charge in [-0.2, -0.15) is 4.31 Å². The Hall–Kier alpha value is -0.710. The standard InChI is InChI=1S/C14H23N3O4S2.ClH/c1-11-7-8-17(12(9-11)10-15)23(20,21)14-5-3-13(4-6-14)22(18,19)16-2;/h3-6,11-12,16H,7-10,15H2,1-2H3;1H. The van der Waals surface area contributed by atoms with Crippen LogP contribution in [0.1, 0.15) is 19.8 Å². The van der Waals surface area contributed by atoms with Crippen molar-refractivity contribution >= 4 is 32.5 Å². The van der Waals surface area contributed by atoms with Gasteiger partial charge in [-0.3, -0.25) is 0 Å². The second-order valence-electron chi connectivity index (χ2n) is 5.81. The molecule has 0 aromatic heterocycles. The number of sulfonamides is 2. The quantitative estimate of drug-likeness (QED) is 0.762. The number of nitrogens with one attached hydrogen (secondary N) is 1. The summed E-state index contributed by atoms with van der Waals surface area (Å²) < 4.78 is 52.7. The molecule has 138 valence electrons. The number of nitrogens with two attached hydrogens (primary N) is 1. The number of rotatable bonds is 5. The van der Waals surface area contributed by atoms with Crippen LogP contribution >= 0.6 is 12.4 Å². The molecule has 0 bridgehead atoms. The fourth-order valence-electron chi connectivity index (χ4n) is 2.80. The van der Waals surface area contributed by atoms with Crippen molar-refractivity contribution in [2.45, 2.75) is 35.6 Å². The number of hydrogen-bond acceptors (Lipinski definition) is 5. The van der Waals surface area contributed by atoms with Crippen LogP contribution in [0, 0.1) is 5.92 Å². The molecule has 2 unspecified atom stereocenters. The van der Waals surface area contributed by atoms with E-state index in [4.69, 9.17) is 5.73 Å². The summed E-state index contributed by atoms with van der Waals surface area (Å²) >= 11 is 0. The molecule has 1 aromatic carbocycles. The maximum absolute atomic E-state index is 12.8. The molecule has 7 nitrogen and oxygen atoms in total. The van der Waals surface area contributed by atoms with Crippen LogP contribution < -0.4 is 10.5 Å². The minimum Gasteiger partial charge on any atom is -0.329 e. The molecule has 24 heavy (non-hydrogen) atoms. The Labute approximate surface area is 150 Å². The number of benzene rings is 1. The van der Waals surface area contributed by atoms with E-state index in [0.29, 0.717) is 12.5 Å². The molecule has 1 aliphatic rings. The zero-order valence-corrected chi connectivity index (χ0v) is 16.1. The predicted octanol–water partition coefficient (Wildman–Crippen LogP) is 0.764. The fraction of sp³-hybridized carbons (Fsp3) is 0.571. The molecule has 0 aliphatic carbocycles. The molecule has 1 heterocycles. The van der Waals surface area contributed by atoms with Crippen molar-refractivity contribution in [1.29, 1.82) is 0 Å². The van der Waals surface area contributed by atoms with Crippen molar-refractivity contribution in [3.05, 3.63) is 24.3 Å². The molecule has 1 aromatic rings. The van der Waals surface area contributed by atoms with E-state index in [0.717, 1.165) is 12.8 Å². The normalized spacial score (nSPS) is 22.8. The highest BCUT2D eigenvalue weighted by Crippen LogP contribution is 2.28. The third-order valence-electron chi connectivity index (χ3n) is 4.21. The van der Waals surface area contributed by atoms with Gasteiger partial charge >= 0.3 is 0 Å². The summed E-state index contributed by atoms with van der Waals surface area (Å²) in [5.41, 5.74) is 5.74. The first-order valence-corrected chi connectivity index (χ1v) is 10.4. The highest BCUT2D eigenvalue weighted by atomic mass is 35.5. The van der Waals surface area contributed by atoms with Crippen molar-refractivity contribution < 1.29 is 16.8 Å². The molecule has 0 radical (unpaired) electrons. The Bertz CT molecular complexity index is 751. The summed E-state index contributed by atoms with van der Waals surface area (Å²) in [4.78, 5) is 0.113. The Balaban J connectivity index is 0.00000288. The molecular formula is C14H24ClN3O4S2. The van der Waals surface area contributed by atoms with Crippen molar-refractivity contribution in [1.82, 2.24) is 9.03 Å². The molecule has 1 aliphatic heterocycles. The SMILES string of the molecule is CNS(=O)(=O)c1ccc(S(=O)(=O)N2CCC(C)CC2CN)cc1.Cl. The molecule has 1 saturated heterocycles. The van der Waals surface area contributed by atoms with Gasteiger partial charge in [0.1, 0.15) is 0 Å². The lowest BCUT2D eigenvalue weighted by molar-refractivity contribution is 0.211. The number of halogens is 1. The summed E-state index contributed by atoms with van der Waals surface area (Å²) in [6.07, 6.45) is 1.53. The lowest BCUT2D eigenvalue weighted by atomic mass is 9.94. The molecule has 2 atom stereocenters. The lowest BCUT2D eigenvalue weighted by Crippen LogP contribution is -2.49. The zero-order chi connectivity index (χ0) is 17.3. The molecule has 0 spiro atoms. The van der Waals surface area contributed by atoms with Gasteiger partial charge in [0.15, 0.2) is 0 Å². The number of piperidine rings is 1. The van der Waals surface area contributed by atoms with Crippen LogP contribution in [0.5, 0.6) is 0 Å². The van der Waals surface area contributed by atoms with Crippen molar-refractivity contribution in [2.24, 2.45) is 11.7 Å². The van der Waals surface area contributed by atoms with Crippen LogP contribution in [0.15, 0.2) is 34.1 Å². The summed E-state index contributed by atoms with van der Waals surface area (Å²) in [6.45, 7) is 2.79. The average molecular weight is 398 g/mol. The molecule has 1 fully saturated rings. The maximum Gasteiger partial charge on any atom is 0.243 e. The Kier molecular flexibility index (Phi) is 7.21. The minimum absolute atomic E-state index is 0. The number of nitrogens with zero attached hydrogens (tertiary/aromatic N) is 1. The van der Waals surface area contributed by atoms with E-state index in [2.05, 4.69) is 11.6 Å². The number of hydrogen-bond donors (Lipinski definition) is 2. The monoisotopic (exact) mass is 397 g/mol. The first kappa shape index (κ1) is 21.3. The van der Waals surface area contributed by atoms with Crippen LogP contribution in [-0.4, -0.2) is 47.3 Å². The summed E-state index contributed by atoms with van der Waals surface area (Å²) in [7, 11) is -5.96. The van der Waals surface area contributed by atoms with Gasteiger partial charge in [0.2, 0.25) is 20.0 Å². The summed E-state index contributed by atoms with van der Waals surface area (Å²) in [5, 5.41) is 0. The third kappa shape index (κ3) is 4.27. The second kappa shape index (κ2) is 8.11. The Morgan fingerprint density at radius 2 is 1.71 bits per heavy atom. The van der Waals surface area contributed by atoms with Gasteiger partial charge < -0.3 is 5.73 Å². The van der Waals surface area contributed by atoms with Crippen LogP contribution in [-0.2, 0) is 20.0 Å². The molecular weight excluding hydrogens is 374 g/mol. The van der Waals surface area contributed by atoms with Crippen LogP contribution in [0.25, 0.3) is 0 Å².